The lowest BCUT2D eigenvalue weighted by molar-refractivity contribution is -0.151. The third kappa shape index (κ3) is 12.3. The number of fused-ring (bicyclic) bond motifs is 5. The molecule has 2 aromatic carbocycles. The fraction of sp³-hybridized carbons (Fsp3) is 0.673. The first-order valence-corrected chi connectivity index (χ1v) is 24.5. The van der Waals surface area contributed by atoms with Crippen LogP contribution >= 0.6 is 0 Å². The van der Waals surface area contributed by atoms with Crippen molar-refractivity contribution in [1.29, 1.82) is 0 Å². The minimum absolute atomic E-state index is 0.0283. The molecule has 0 aromatic heterocycles. The van der Waals surface area contributed by atoms with Crippen LogP contribution in [0.1, 0.15) is 164 Å². The summed E-state index contributed by atoms with van der Waals surface area (Å²) >= 11 is 0. The number of benzene rings is 2. The Balaban J connectivity index is 0.834. The monoisotopic (exact) mass is 837 g/mol. The average molecular weight is 837 g/mol. The summed E-state index contributed by atoms with van der Waals surface area (Å²) in [6.07, 6.45) is 23.9. The molecule has 0 unspecified atom stereocenters. The first kappa shape index (κ1) is 47.0. The molecule has 0 amide bonds. The lowest BCUT2D eigenvalue weighted by atomic mass is 9.47. The maximum Gasteiger partial charge on any atom is 0.333 e. The second-order valence-corrected chi connectivity index (χ2v) is 20.5. The van der Waals surface area contributed by atoms with E-state index in [0.717, 1.165) is 122 Å². The van der Waals surface area contributed by atoms with Crippen LogP contribution in [-0.4, -0.2) is 37.9 Å². The van der Waals surface area contributed by atoms with Crippen LogP contribution in [0, 0.1) is 46.3 Å². The van der Waals surface area contributed by atoms with E-state index in [9.17, 15) is 9.59 Å². The number of unbranched alkanes of at least 4 members (excludes halogenated alkanes) is 5. The van der Waals surface area contributed by atoms with E-state index in [2.05, 4.69) is 71.5 Å². The van der Waals surface area contributed by atoms with Crippen molar-refractivity contribution in [3.05, 3.63) is 72.3 Å². The molecule has 0 spiro atoms. The quantitative estimate of drug-likeness (QED) is 0.0480. The van der Waals surface area contributed by atoms with Crippen LogP contribution in [0.4, 0.5) is 0 Å². The van der Waals surface area contributed by atoms with Crippen LogP contribution in [0.25, 0.3) is 11.1 Å². The molecule has 3 fully saturated rings. The highest BCUT2D eigenvalue weighted by Crippen LogP contribution is 2.67. The van der Waals surface area contributed by atoms with Crippen LogP contribution in [0.2, 0.25) is 0 Å². The van der Waals surface area contributed by atoms with Crippen molar-refractivity contribution in [2.45, 2.75) is 170 Å². The molecular weight excluding hydrogens is 757 g/mol. The van der Waals surface area contributed by atoms with Crippen LogP contribution in [-0.2, 0) is 19.1 Å². The van der Waals surface area contributed by atoms with Gasteiger partial charge in [-0.1, -0.05) is 96.4 Å². The Morgan fingerprint density at radius 1 is 0.721 bits per heavy atom. The molecule has 4 aliphatic carbocycles. The maximum absolute atomic E-state index is 13.0. The van der Waals surface area contributed by atoms with Gasteiger partial charge in [-0.25, -0.2) is 4.79 Å². The van der Waals surface area contributed by atoms with E-state index in [1.54, 1.807) is 12.5 Å². The average Bonchev–Trinajstić information content (AvgIpc) is 3.60. The molecule has 0 aliphatic heterocycles. The minimum atomic E-state index is -0.314. The SMILES string of the molecule is C=C(C)C(=O)OCCCCCCOc1ccc(-c2ccc(OCCCCCC(=O)O[C@H]3CC[C@@]4(C)C(=CC[C@H]5[C@@H]6CC[C@H]([C@H](C)CCCC(C)C)[C@@]6(C)CC[C@@H]54)C3)cc2)cc1. The Morgan fingerprint density at radius 2 is 1.34 bits per heavy atom. The van der Waals surface area contributed by atoms with Gasteiger partial charge in [0.05, 0.1) is 19.8 Å². The van der Waals surface area contributed by atoms with Crippen molar-refractivity contribution in [2.75, 3.05) is 19.8 Å². The third-order valence-corrected chi connectivity index (χ3v) is 15.8. The van der Waals surface area contributed by atoms with E-state index in [1.807, 2.05) is 24.3 Å². The van der Waals surface area contributed by atoms with Crippen LogP contribution < -0.4 is 9.47 Å². The van der Waals surface area contributed by atoms with Gasteiger partial charge in [0.1, 0.15) is 17.6 Å². The summed E-state index contributed by atoms with van der Waals surface area (Å²) < 4.78 is 23.3. The molecule has 0 bridgehead atoms. The summed E-state index contributed by atoms with van der Waals surface area (Å²) in [6, 6.07) is 16.5. The molecule has 4 aliphatic rings. The number of carbonyl (C=O) groups is 2. The second kappa shape index (κ2) is 22.2. The van der Waals surface area contributed by atoms with Crippen LogP contribution in [0.5, 0.6) is 11.5 Å². The number of esters is 2. The van der Waals surface area contributed by atoms with Gasteiger partial charge >= 0.3 is 11.9 Å². The predicted molar refractivity (Wildman–Crippen MR) is 249 cm³/mol. The van der Waals surface area contributed by atoms with Crippen molar-refractivity contribution in [3.8, 4) is 22.6 Å². The molecule has 0 N–H and O–H groups in total. The summed E-state index contributed by atoms with van der Waals surface area (Å²) in [5, 5.41) is 0. The first-order valence-electron chi connectivity index (χ1n) is 24.5. The van der Waals surface area contributed by atoms with Crippen molar-refractivity contribution in [1.82, 2.24) is 0 Å². The molecule has 2 aromatic rings. The van der Waals surface area contributed by atoms with E-state index in [-0.39, 0.29) is 23.5 Å². The zero-order valence-electron chi connectivity index (χ0n) is 39.0. The van der Waals surface area contributed by atoms with Crippen LogP contribution in [0.15, 0.2) is 72.3 Å². The van der Waals surface area contributed by atoms with Gasteiger partial charge in [0.2, 0.25) is 0 Å². The standard InChI is InChI=1S/C55H80O6/c1-39(2)16-15-17-41(5)49-29-30-50-48-28-23-44-38-47(31-33-54(44,6)51(48)32-34-55(49,50)7)61-52(56)18-11-10-14-36-59-46-26-21-43(22-27-46)42-19-24-45(25-20-42)58-35-12-8-9-13-37-60-53(57)40(3)4/h19-27,39,41,47-51H,3,8-18,28-38H2,1-2,4-7H3/t41-,47+,48+,49-,50+,51+,54+,55-/m1/s1. The summed E-state index contributed by atoms with van der Waals surface area (Å²) in [7, 11) is 0. The summed E-state index contributed by atoms with van der Waals surface area (Å²) in [5.41, 5.74) is 5.11. The fourth-order valence-corrected chi connectivity index (χ4v) is 12.3. The molecule has 61 heavy (non-hydrogen) atoms. The van der Waals surface area contributed by atoms with Gasteiger partial charge < -0.3 is 18.9 Å². The van der Waals surface area contributed by atoms with Crippen molar-refractivity contribution in [2.24, 2.45) is 46.3 Å². The van der Waals surface area contributed by atoms with Crippen molar-refractivity contribution >= 4 is 11.9 Å². The Morgan fingerprint density at radius 3 is 1.97 bits per heavy atom. The van der Waals surface area contributed by atoms with E-state index in [1.165, 1.54) is 51.4 Å². The van der Waals surface area contributed by atoms with E-state index in [4.69, 9.17) is 18.9 Å². The molecule has 6 rings (SSSR count). The summed E-state index contributed by atoms with van der Waals surface area (Å²) in [4.78, 5) is 24.4. The highest BCUT2D eigenvalue weighted by molar-refractivity contribution is 5.86. The van der Waals surface area contributed by atoms with E-state index in [0.29, 0.717) is 37.2 Å². The first-order chi connectivity index (χ1) is 29.4. The third-order valence-electron chi connectivity index (χ3n) is 15.8. The van der Waals surface area contributed by atoms with Gasteiger partial charge in [-0.3, -0.25) is 4.79 Å². The predicted octanol–water partition coefficient (Wildman–Crippen LogP) is 14.3. The zero-order valence-corrected chi connectivity index (χ0v) is 39.0. The van der Waals surface area contributed by atoms with Gasteiger partial charge in [-0.2, -0.15) is 0 Å². The van der Waals surface area contributed by atoms with E-state index >= 15 is 0 Å². The minimum Gasteiger partial charge on any atom is -0.494 e. The van der Waals surface area contributed by atoms with Crippen LogP contribution in [0.3, 0.4) is 0 Å². The van der Waals surface area contributed by atoms with E-state index < -0.39 is 0 Å². The highest BCUT2D eigenvalue weighted by Gasteiger charge is 2.59. The Kier molecular flexibility index (Phi) is 17.1. The lowest BCUT2D eigenvalue weighted by Crippen LogP contribution is -2.51. The van der Waals surface area contributed by atoms with Gasteiger partial charge in [0, 0.05) is 18.4 Å². The molecule has 0 radical (unpaired) electrons. The number of allylic oxidation sites excluding steroid dienone is 1. The number of carbonyl (C=O) groups excluding carboxylic acids is 2. The highest BCUT2D eigenvalue weighted by atomic mass is 16.5. The number of ether oxygens (including phenoxy) is 4. The Labute approximate surface area is 370 Å². The normalized spacial score (nSPS) is 27.3. The Bertz CT molecular complexity index is 1740. The number of hydrogen-bond donors (Lipinski definition) is 0. The molecule has 0 heterocycles. The topological polar surface area (TPSA) is 71.1 Å². The van der Waals surface area contributed by atoms with Gasteiger partial charge in [0.15, 0.2) is 0 Å². The van der Waals surface area contributed by atoms with Crippen molar-refractivity contribution in [3.63, 3.8) is 0 Å². The lowest BCUT2D eigenvalue weighted by Gasteiger charge is -2.58. The van der Waals surface area contributed by atoms with Gasteiger partial charge in [0.25, 0.3) is 0 Å². The smallest absolute Gasteiger partial charge is 0.333 e. The maximum atomic E-state index is 13.0. The number of hydrogen-bond acceptors (Lipinski definition) is 6. The molecule has 336 valence electrons. The molecular formula is C55H80O6. The van der Waals surface area contributed by atoms with Gasteiger partial charge in [-0.05, 0) is 179 Å². The number of rotatable bonds is 23. The molecule has 6 nitrogen and oxygen atoms in total. The molecule has 6 heteroatoms. The largest absolute Gasteiger partial charge is 0.494 e. The molecule has 3 saturated carbocycles. The molecule has 0 saturated heterocycles. The fourth-order valence-electron chi connectivity index (χ4n) is 12.3. The molecule has 8 atom stereocenters. The van der Waals surface area contributed by atoms with Gasteiger partial charge in [-0.15, -0.1) is 0 Å². The Hall–Kier alpha value is -3.54. The summed E-state index contributed by atoms with van der Waals surface area (Å²) in [6.45, 7) is 19.6. The van der Waals surface area contributed by atoms with Crippen molar-refractivity contribution < 1.29 is 28.5 Å². The summed E-state index contributed by atoms with van der Waals surface area (Å²) in [5.74, 6) is 6.46. The zero-order chi connectivity index (χ0) is 43.4. The second-order valence-electron chi connectivity index (χ2n) is 20.5.